The van der Waals surface area contributed by atoms with E-state index in [-0.39, 0.29) is 47.6 Å². The van der Waals surface area contributed by atoms with Gasteiger partial charge in [0.1, 0.15) is 17.6 Å². The van der Waals surface area contributed by atoms with Crippen LogP contribution in [0, 0.1) is 23.3 Å². The molecule has 1 saturated heterocycles. The highest BCUT2D eigenvalue weighted by Crippen LogP contribution is 2.53. The topological polar surface area (TPSA) is 99.8 Å². The molecule has 3 N–H and O–H groups in total. The fourth-order valence-corrected chi connectivity index (χ4v) is 7.05. The summed E-state index contributed by atoms with van der Waals surface area (Å²) in [5, 5.41) is 7.90. The Balaban J connectivity index is 1.31. The molecule has 2 aliphatic rings. The molecule has 1 spiro atoms. The number of benzene rings is 3. The Morgan fingerprint density at radius 2 is 1.71 bits per heavy atom. The van der Waals surface area contributed by atoms with Gasteiger partial charge in [-0.05, 0) is 104 Å². The molecule has 1 aliphatic carbocycles. The number of carbonyl (C=O) groups is 3. The average molecular weight is 681 g/mol. The van der Waals surface area contributed by atoms with Crippen LogP contribution in [0.15, 0.2) is 61.2 Å². The average Bonchev–Trinajstić information content (AvgIpc) is 3.34. The van der Waals surface area contributed by atoms with Gasteiger partial charge in [-0.2, -0.15) is 0 Å². The molecule has 1 fully saturated rings. The number of ether oxygens (including phenoxy) is 1. The van der Waals surface area contributed by atoms with E-state index in [4.69, 9.17) is 4.74 Å². The largest absolute Gasteiger partial charge is 0.489 e. The molecule has 0 bridgehead atoms. The van der Waals surface area contributed by atoms with Crippen molar-refractivity contribution >= 4 is 29.1 Å². The lowest BCUT2D eigenvalue weighted by Gasteiger charge is -2.41. The van der Waals surface area contributed by atoms with Crippen molar-refractivity contribution in [3.05, 3.63) is 101 Å². The third-order valence-electron chi connectivity index (χ3n) is 9.33. The predicted octanol–water partition coefficient (Wildman–Crippen LogP) is 6.04. The Hall–Kier alpha value is -4.87. The number of hydrogen-bond donors (Lipinski definition) is 3. The van der Waals surface area contributed by atoms with E-state index in [1.54, 1.807) is 18.2 Å². The van der Waals surface area contributed by atoms with Crippen LogP contribution in [0.25, 0.3) is 0 Å². The molecular weight excluding hydrogens is 640 g/mol. The summed E-state index contributed by atoms with van der Waals surface area (Å²) in [6, 6.07) is 10.7. The van der Waals surface area contributed by atoms with Crippen LogP contribution in [0.5, 0.6) is 5.75 Å². The molecule has 8 nitrogen and oxygen atoms in total. The standard InChI is InChI=1S/C37H40F4N4O4/c1-5-33(46)43-30-9-7-25(19-32(30)49-21(2)3)45-12-10-37(11-13-45)20-23(26-8-6-24(38)18-27(26)37)17-34(47)44-31(36(48)42-4)16-22-14-28(39)35(41)29(40)15-22/h5-9,14-15,18-19,21,23,31H,1,10-13,16-17,20H2,2-4H3,(H,42,48)(H,43,46)(H,44,47)/t23?,31-/m1/s1. The Bertz CT molecular complexity index is 1730. The number of carbonyl (C=O) groups excluding carboxylic acids is 3. The minimum Gasteiger partial charge on any atom is -0.489 e. The van der Waals surface area contributed by atoms with Gasteiger partial charge in [0.05, 0.1) is 11.8 Å². The van der Waals surface area contributed by atoms with E-state index in [0.717, 1.165) is 28.9 Å². The van der Waals surface area contributed by atoms with Crippen molar-refractivity contribution in [2.75, 3.05) is 30.4 Å². The minimum absolute atomic E-state index is 0.0109. The molecule has 3 aromatic rings. The van der Waals surface area contributed by atoms with E-state index in [9.17, 15) is 31.9 Å². The van der Waals surface area contributed by atoms with Crippen LogP contribution in [0.1, 0.15) is 62.1 Å². The van der Waals surface area contributed by atoms with Crippen LogP contribution in [0.2, 0.25) is 0 Å². The molecule has 0 aromatic heterocycles. The summed E-state index contributed by atoms with van der Waals surface area (Å²) < 4.78 is 61.8. The highest BCUT2D eigenvalue weighted by atomic mass is 19.2. The van der Waals surface area contributed by atoms with Gasteiger partial charge in [0.15, 0.2) is 17.5 Å². The number of rotatable bonds is 11. The van der Waals surface area contributed by atoms with Gasteiger partial charge < -0.3 is 25.6 Å². The maximum Gasteiger partial charge on any atom is 0.247 e. The Morgan fingerprint density at radius 3 is 2.35 bits per heavy atom. The summed E-state index contributed by atoms with van der Waals surface area (Å²) in [4.78, 5) is 40.2. The highest BCUT2D eigenvalue weighted by molar-refractivity contribution is 6.00. The lowest BCUT2D eigenvalue weighted by molar-refractivity contribution is -0.128. The maximum atomic E-state index is 14.7. The number of piperidine rings is 1. The van der Waals surface area contributed by atoms with E-state index in [1.165, 1.54) is 19.2 Å². The molecule has 12 heteroatoms. The highest BCUT2D eigenvalue weighted by Gasteiger charge is 2.46. The van der Waals surface area contributed by atoms with Gasteiger partial charge in [0.2, 0.25) is 17.7 Å². The van der Waals surface area contributed by atoms with Gasteiger partial charge in [0.25, 0.3) is 0 Å². The third-order valence-corrected chi connectivity index (χ3v) is 9.33. The van der Waals surface area contributed by atoms with Crippen LogP contribution in [0.4, 0.5) is 28.9 Å². The molecule has 3 amide bonds. The molecule has 5 rings (SSSR count). The van der Waals surface area contributed by atoms with E-state index in [0.29, 0.717) is 43.8 Å². The molecule has 1 heterocycles. The number of fused-ring (bicyclic) bond motifs is 2. The Labute approximate surface area is 282 Å². The molecule has 49 heavy (non-hydrogen) atoms. The SMILES string of the molecule is C=CC(=O)Nc1ccc(N2CCC3(CC2)CC(CC(=O)N[C@H](Cc2cc(F)c(F)c(F)c2)C(=O)NC)c2ccc(F)cc23)cc1OC(C)C. The molecule has 1 unspecified atom stereocenters. The number of anilines is 2. The van der Waals surface area contributed by atoms with Crippen molar-refractivity contribution in [1.82, 2.24) is 10.6 Å². The fourth-order valence-electron chi connectivity index (χ4n) is 7.05. The quantitative estimate of drug-likeness (QED) is 0.130. The lowest BCUT2D eigenvalue weighted by Crippen LogP contribution is -2.47. The molecular formula is C37H40F4N4O4. The number of amides is 3. The van der Waals surface area contributed by atoms with E-state index in [2.05, 4.69) is 27.4 Å². The summed E-state index contributed by atoms with van der Waals surface area (Å²) >= 11 is 0. The maximum absolute atomic E-state index is 14.7. The zero-order chi connectivity index (χ0) is 35.5. The van der Waals surface area contributed by atoms with Crippen molar-refractivity contribution in [2.24, 2.45) is 0 Å². The van der Waals surface area contributed by atoms with Gasteiger partial charge in [-0.1, -0.05) is 12.6 Å². The molecule has 0 saturated carbocycles. The van der Waals surface area contributed by atoms with Crippen molar-refractivity contribution in [3.63, 3.8) is 0 Å². The summed E-state index contributed by atoms with van der Waals surface area (Å²) in [5.41, 5.74) is 2.83. The zero-order valence-corrected chi connectivity index (χ0v) is 27.7. The van der Waals surface area contributed by atoms with Gasteiger partial charge in [-0.3, -0.25) is 14.4 Å². The first-order valence-electron chi connectivity index (χ1n) is 16.3. The van der Waals surface area contributed by atoms with Crippen LogP contribution in [-0.4, -0.2) is 50.0 Å². The first kappa shape index (κ1) is 35.4. The summed E-state index contributed by atoms with van der Waals surface area (Å²) in [5.74, 6) is -5.85. The number of halogens is 4. The minimum atomic E-state index is -1.61. The monoisotopic (exact) mass is 680 g/mol. The summed E-state index contributed by atoms with van der Waals surface area (Å²) in [6.07, 6.45) is 2.81. The Kier molecular flexibility index (Phi) is 10.6. The number of likely N-dealkylation sites (N-methyl/N-ethyl adjacent to an activating group) is 1. The van der Waals surface area contributed by atoms with E-state index < -0.39 is 35.3 Å². The smallest absolute Gasteiger partial charge is 0.247 e. The van der Waals surface area contributed by atoms with Crippen LogP contribution in [-0.2, 0) is 26.2 Å². The number of nitrogens with one attached hydrogen (secondary N) is 3. The molecule has 260 valence electrons. The fraction of sp³-hybridized carbons (Fsp3) is 0.378. The number of hydrogen-bond acceptors (Lipinski definition) is 5. The van der Waals surface area contributed by atoms with Crippen LogP contribution < -0.4 is 25.6 Å². The van der Waals surface area contributed by atoms with Crippen molar-refractivity contribution < 1.29 is 36.7 Å². The molecule has 0 radical (unpaired) electrons. The van der Waals surface area contributed by atoms with Gasteiger partial charge in [-0.15, -0.1) is 0 Å². The van der Waals surface area contributed by atoms with Crippen molar-refractivity contribution in [1.29, 1.82) is 0 Å². The van der Waals surface area contributed by atoms with E-state index in [1.807, 2.05) is 26.0 Å². The normalized spacial score (nSPS) is 17.0. The second-order valence-electron chi connectivity index (χ2n) is 13.0. The Morgan fingerprint density at radius 1 is 1.02 bits per heavy atom. The van der Waals surface area contributed by atoms with Gasteiger partial charge >= 0.3 is 0 Å². The van der Waals surface area contributed by atoms with Gasteiger partial charge in [0, 0.05) is 44.7 Å². The summed E-state index contributed by atoms with van der Waals surface area (Å²) in [7, 11) is 1.37. The predicted molar refractivity (Wildman–Crippen MR) is 179 cm³/mol. The lowest BCUT2D eigenvalue weighted by atomic mass is 9.73. The van der Waals surface area contributed by atoms with E-state index >= 15 is 0 Å². The van der Waals surface area contributed by atoms with Gasteiger partial charge in [-0.25, -0.2) is 17.6 Å². The second-order valence-corrected chi connectivity index (χ2v) is 13.0. The molecule has 1 aliphatic heterocycles. The summed E-state index contributed by atoms with van der Waals surface area (Å²) in [6.45, 7) is 8.61. The van der Waals surface area contributed by atoms with Crippen molar-refractivity contribution in [3.8, 4) is 5.75 Å². The number of nitrogens with zero attached hydrogens (tertiary/aromatic N) is 1. The van der Waals surface area contributed by atoms with Crippen LogP contribution >= 0.6 is 0 Å². The molecule has 2 atom stereocenters. The second kappa shape index (κ2) is 14.7. The third kappa shape index (κ3) is 7.90. The van der Waals surface area contributed by atoms with Crippen molar-refractivity contribution in [2.45, 2.75) is 69.4 Å². The first-order chi connectivity index (χ1) is 23.3. The first-order valence-corrected chi connectivity index (χ1v) is 16.3. The van der Waals surface area contributed by atoms with Crippen LogP contribution in [0.3, 0.4) is 0 Å². The molecule has 3 aromatic carbocycles. The zero-order valence-electron chi connectivity index (χ0n) is 27.7.